The lowest BCUT2D eigenvalue weighted by atomic mass is 9.77. The first-order valence-corrected chi connectivity index (χ1v) is 13.4. The molecular weight excluding hydrogens is 456 g/mol. The summed E-state index contributed by atoms with van der Waals surface area (Å²) in [6.45, 7) is 4.10. The van der Waals surface area contributed by atoms with Crippen molar-refractivity contribution in [1.29, 1.82) is 5.26 Å². The van der Waals surface area contributed by atoms with Crippen LogP contribution in [0.2, 0.25) is 0 Å². The number of nitrogens with zero attached hydrogens (tertiary/aromatic N) is 2. The van der Waals surface area contributed by atoms with Crippen LogP contribution in [0.25, 0.3) is 0 Å². The molecule has 5 nitrogen and oxygen atoms in total. The molecule has 6 heteroatoms. The van der Waals surface area contributed by atoms with Crippen molar-refractivity contribution in [3.8, 4) is 11.8 Å². The number of nitriles is 1. The van der Waals surface area contributed by atoms with Crippen molar-refractivity contribution in [1.82, 2.24) is 0 Å². The number of rotatable bonds is 5. The number of thiophene rings is 1. The summed E-state index contributed by atoms with van der Waals surface area (Å²) in [4.78, 5) is 29.9. The summed E-state index contributed by atoms with van der Waals surface area (Å²) >= 11 is 1.60. The summed E-state index contributed by atoms with van der Waals surface area (Å²) in [6.07, 6.45) is 10.3. The third-order valence-corrected chi connectivity index (χ3v) is 8.57. The molecule has 0 bridgehead atoms. The minimum Gasteiger partial charge on any atom is -0.490 e. The Kier molecular flexibility index (Phi) is 6.88. The number of hydrogen-bond acceptors (Lipinski definition) is 5. The van der Waals surface area contributed by atoms with Crippen LogP contribution in [0, 0.1) is 11.3 Å². The highest BCUT2D eigenvalue weighted by Crippen LogP contribution is 2.47. The van der Waals surface area contributed by atoms with Crippen molar-refractivity contribution >= 4 is 28.0 Å². The summed E-state index contributed by atoms with van der Waals surface area (Å²) in [5, 5.41) is 10.9. The highest BCUT2D eigenvalue weighted by atomic mass is 32.1. The van der Waals surface area contributed by atoms with E-state index in [9.17, 15) is 14.9 Å². The second kappa shape index (κ2) is 10.2. The third-order valence-electron chi connectivity index (χ3n) is 7.29. The molecule has 0 fully saturated rings. The Bertz CT molecular complexity index is 1230. The van der Waals surface area contributed by atoms with Crippen LogP contribution in [0.5, 0.6) is 5.75 Å². The van der Waals surface area contributed by atoms with E-state index >= 15 is 0 Å². The van der Waals surface area contributed by atoms with Gasteiger partial charge in [-0.2, -0.15) is 5.26 Å². The Hall–Kier alpha value is -3.17. The molecule has 0 radical (unpaired) electrons. The Labute approximate surface area is 210 Å². The molecule has 1 aliphatic heterocycles. The zero-order valence-corrected chi connectivity index (χ0v) is 20.8. The molecule has 35 heavy (non-hydrogen) atoms. The highest BCUT2D eigenvalue weighted by molar-refractivity contribution is 7.16. The van der Waals surface area contributed by atoms with Crippen LogP contribution >= 0.6 is 11.3 Å². The standard InChI is InChI=1S/C29H30N2O3S/c1-2-16-34-20-14-12-19(13-15-20)22-17-27(33)31(24-9-7-10-25(32)28(22)24)29-23(18-30)21-8-5-3-4-6-11-26(21)35-29/h2,12-15,22H,1,3-11,16-17H2. The van der Waals surface area contributed by atoms with Gasteiger partial charge < -0.3 is 4.74 Å². The first kappa shape index (κ1) is 23.6. The summed E-state index contributed by atoms with van der Waals surface area (Å²) in [6, 6.07) is 10.1. The number of ketones is 1. The van der Waals surface area contributed by atoms with Crippen LogP contribution in [0.4, 0.5) is 5.00 Å². The fourth-order valence-corrected chi connectivity index (χ4v) is 7.02. The van der Waals surface area contributed by atoms with Crippen LogP contribution in [0.3, 0.4) is 0 Å². The topological polar surface area (TPSA) is 70.4 Å². The van der Waals surface area contributed by atoms with E-state index in [0.29, 0.717) is 25.0 Å². The van der Waals surface area contributed by atoms with Gasteiger partial charge in [-0.05, 0) is 61.8 Å². The van der Waals surface area contributed by atoms with Gasteiger partial charge in [0.2, 0.25) is 5.91 Å². The number of carbonyl (C=O) groups is 2. The second-order valence-corrected chi connectivity index (χ2v) is 10.6. The quantitative estimate of drug-likeness (QED) is 0.460. The number of Topliss-reactive ketones (excluding diaryl/α,β-unsaturated/α-hetero) is 1. The van der Waals surface area contributed by atoms with Crippen molar-refractivity contribution in [2.24, 2.45) is 0 Å². The molecule has 3 aliphatic rings. The molecule has 2 heterocycles. The lowest BCUT2D eigenvalue weighted by Gasteiger charge is -2.37. The fraction of sp³-hybridized carbons (Fsp3) is 0.414. The first-order chi connectivity index (χ1) is 17.1. The fourth-order valence-electron chi connectivity index (χ4n) is 5.64. The van der Waals surface area contributed by atoms with Gasteiger partial charge in [0.25, 0.3) is 0 Å². The number of carbonyl (C=O) groups excluding carboxylic acids is 2. The lowest BCUT2D eigenvalue weighted by molar-refractivity contribution is -0.119. The number of allylic oxidation sites excluding steroid dienone is 2. The summed E-state index contributed by atoms with van der Waals surface area (Å²) in [5.74, 6) is 0.563. The molecule has 1 amide bonds. The molecular formula is C29H30N2O3S. The molecule has 0 spiro atoms. The maximum absolute atomic E-state index is 13.7. The van der Waals surface area contributed by atoms with Gasteiger partial charge in [-0.1, -0.05) is 37.6 Å². The number of hydrogen-bond donors (Lipinski definition) is 0. The van der Waals surface area contributed by atoms with Gasteiger partial charge >= 0.3 is 0 Å². The predicted octanol–water partition coefficient (Wildman–Crippen LogP) is 6.37. The van der Waals surface area contributed by atoms with E-state index in [1.165, 1.54) is 17.7 Å². The number of aryl methyl sites for hydroxylation is 1. The maximum atomic E-state index is 13.7. The minimum absolute atomic E-state index is 0.0267. The van der Waals surface area contributed by atoms with Gasteiger partial charge in [-0.3, -0.25) is 14.5 Å². The third kappa shape index (κ3) is 4.46. The SMILES string of the molecule is C=CCOc1ccc(C2CC(=O)N(c3sc4c(c3C#N)CCCCCC4)C3=C2C(=O)CCC3)cc1. The Morgan fingerprint density at radius 3 is 2.57 bits per heavy atom. The van der Waals surface area contributed by atoms with E-state index < -0.39 is 0 Å². The van der Waals surface area contributed by atoms with Crippen molar-refractivity contribution < 1.29 is 14.3 Å². The van der Waals surface area contributed by atoms with Crippen molar-refractivity contribution in [3.05, 3.63) is 69.8 Å². The molecule has 0 N–H and O–H groups in total. The minimum atomic E-state index is -0.262. The van der Waals surface area contributed by atoms with Crippen molar-refractivity contribution in [2.75, 3.05) is 11.5 Å². The second-order valence-electron chi connectivity index (χ2n) is 9.50. The number of amides is 1. The zero-order valence-electron chi connectivity index (χ0n) is 20.0. The Morgan fingerprint density at radius 2 is 1.83 bits per heavy atom. The summed E-state index contributed by atoms with van der Waals surface area (Å²) in [7, 11) is 0. The molecule has 0 saturated carbocycles. The van der Waals surface area contributed by atoms with Gasteiger partial charge in [0.05, 0.1) is 5.56 Å². The summed E-state index contributed by atoms with van der Waals surface area (Å²) < 4.78 is 5.60. The molecule has 2 aliphatic carbocycles. The molecule has 0 saturated heterocycles. The summed E-state index contributed by atoms with van der Waals surface area (Å²) in [5.41, 5.74) is 4.28. The number of fused-ring (bicyclic) bond motifs is 1. The van der Waals surface area contributed by atoms with E-state index in [1.807, 2.05) is 24.3 Å². The molecule has 5 rings (SSSR count). The van der Waals surface area contributed by atoms with Crippen LogP contribution < -0.4 is 9.64 Å². The van der Waals surface area contributed by atoms with E-state index in [-0.39, 0.29) is 24.0 Å². The predicted molar refractivity (Wildman–Crippen MR) is 138 cm³/mol. The van der Waals surface area contributed by atoms with E-state index in [0.717, 1.165) is 65.3 Å². The smallest absolute Gasteiger partial charge is 0.232 e. The molecule has 180 valence electrons. The maximum Gasteiger partial charge on any atom is 0.232 e. The van der Waals surface area contributed by atoms with Gasteiger partial charge in [-0.25, -0.2) is 0 Å². The largest absolute Gasteiger partial charge is 0.490 e. The van der Waals surface area contributed by atoms with E-state index in [2.05, 4.69) is 12.6 Å². The number of benzene rings is 1. The first-order valence-electron chi connectivity index (χ1n) is 12.6. The lowest BCUT2D eigenvalue weighted by Crippen LogP contribution is -2.40. The van der Waals surface area contributed by atoms with Crippen LogP contribution in [0.1, 0.15) is 78.9 Å². The average Bonchev–Trinajstić information content (AvgIpc) is 3.18. The van der Waals surface area contributed by atoms with Gasteiger partial charge in [0.15, 0.2) is 5.78 Å². The van der Waals surface area contributed by atoms with Crippen molar-refractivity contribution in [3.63, 3.8) is 0 Å². The van der Waals surface area contributed by atoms with Gasteiger partial charge in [-0.15, -0.1) is 11.3 Å². The van der Waals surface area contributed by atoms with Crippen LogP contribution in [-0.2, 0) is 22.4 Å². The Balaban J connectivity index is 1.57. The van der Waals surface area contributed by atoms with Gasteiger partial charge in [0.1, 0.15) is 23.4 Å². The molecule has 2 aromatic rings. The molecule has 1 unspecified atom stereocenters. The molecule has 1 aromatic heterocycles. The van der Waals surface area contributed by atoms with Crippen LogP contribution in [0.15, 0.2) is 48.2 Å². The number of ether oxygens (including phenoxy) is 1. The van der Waals surface area contributed by atoms with Gasteiger partial charge in [0, 0.05) is 34.9 Å². The zero-order chi connectivity index (χ0) is 24.4. The van der Waals surface area contributed by atoms with E-state index in [4.69, 9.17) is 4.74 Å². The monoisotopic (exact) mass is 486 g/mol. The highest BCUT2D eigenvalue weighted by Gasteiger charge is 2.41. The van der Waals surface area contributed by atoms with Crippen molar-refractivity contribution in [2.45, 2.75) is 70.1 Å². The van der Waals surface area contributed by atoms with Crippen LogP contribution in [-0.4, -0.2) is 18.3 Å². The molecule has 1 aromatic carbocycles. The molecule has 1 atom stereocenters. The Morgan fingerprint density at radius 1 is 1.06 bits per heavy atom. The van der Waals surface area contributed by atoms with E-state index in [1.54, 1.807) is 22.3 Å². The average molecular weight is 487 g/mol. The normalized spacial score (nSPS) is 20.4. The number of anilines is 1.